The van der Waals surface area contributed by atoms with Crippen molar-refractivity contribution in [1.29, 1.82) is 0 Å². The number of allylic oxidation sites excluding steroid dienone is 1. The standard InChI is InChI=1S/C23H37O5P/c1-5-28-29(26,27)20-13-19-17-7-6-15-12-16(25)8-10-22(15,3)18(17)9-11-23(19,4)21(20)14(2)24/h6,16-21,25H,5,7-13H2,1-4H3,(H,26,27)/t16-,17-,18+,19+,20+,21+,22+,23+/m1/s1. The fraction of sp³-hybridized carbons (Fsp3) is 0.870. The van der Waals surface area contributed by atoms with Crippen molar-refractivity contribution in [2.24, 2.45) is 34.5 Å². The Hall–Kier alpha value is -0.480. The third-order valence-corrected chi connectivity index (χ3v) is 11.3. The number of carbonyl (C=O) groups excluding carboxylic acids is 1. The highest BCUT2D eigenvalue weighted by atomic mass is 31.2. The second-order valence-corrected chi connectivity index (χ2v) is 12.6. The number of aliphatic hydroxyl groups is 1. The normalized spacial score (nSPS) is 48.7. The predicted octanol–water partition coefficient (Wildman–Crippen LogP) is 4.72. The first-order valence-electron chi connectivity index (χ1n) is 11.4. The summed E-state index contributed by atoms with van der Waals surface area (Å²) in [5, 5.41) is 10.2. The molecule has 0 radical (unpaired) electrons. The zero-order chi connectivity index (χ0) is 21.2. The maximum absolute atomic E-state index is 13.0. The van der Waals surface area contributed by atoms with Crippen LogP contribution < -0.4 is 0 Å². The van der Waals surface area contributed by atoms with E-state index in [4.69, 9.17) is 4.52 Å². The van der Waals surface area contributed by atoms with Gasteiger partial charge in [-0.3, -0.25) is 9.36 Å². The Morgan fingerprint density at radius 3 is 2.66 bits per heavy atom. The van der Waals surface area contributed by atoms with Crippen LogP contribution in [0, 0.1) is 34.5 Å². The summed E-state index contributed by atoms with van der Waals surface area (Å²) in [6.07, 6.45) is 8.35. The summed E-state index contributed by atoms with van der Waals surface area (Å²) in [5.41, 5.74) is 0.722. The van der Waals surface area contributed by atoms with Crippen molar-refractivity contribution in [2.75, 3.05) is 6.61 Å². The quantitative estimate of drug-likeness (QED) is 0.504. The minimum absolute atomic E-state index is 0.0338. The van der Waals surface area contributed by atoms with E-state index in [0.29, 0.717) is 18.3 Å². The van der Waals surface area contributed by atoms with Crippen molar-refractivity contribution in [3.63, 3.8) is 0 Å². The Kier molecular flexibility index (Phi) is 5.47. The molecule has 4 aliphatic carbocycles. The number of hydrogen-bond donors (Lipinski definition) is 2. The van der Waals surface area contributed by atoms with E-state index in [1.165, 1.54) is 5.57 Å². The number of ketones is 1. The molecule has 6 heteroatoms. The van der Waals surface area contributed by atoms with E-state index in [1.807, 2.05) is 0 Å². The lowest BCUT2D eigenvalue weighted by Gasteiger charge is -2.57. The molecule has 29 heavy (non-hydrogen) atoms. The fourth-order valence-electron chi connectivity index (χ4n) is 7.99. The van der Waals surface area contributed by atoms with Crippen LogP contribution in [0.25, 0.3) is 0 Å². The molecule has 3 fully saturated rings. The van der Waals surface area contributed by atoms with Crippen LogP contribution in [0.5, 0.6) is 0 Å². The SMILES string of the molecule is CCOP(=O)(O)[C@H]1C[C@H]2[C@@H]3CC=C4C[C@H](O)CC[C@]4(C)[C@H]3CC[C@]2(C)[C@H]1C(C)=O. The molecule has 0 aromatic heterocycles. The maximum Gasteiger partial charge on any atom is 0.331 e. The second kappa shape index (κ2) is 7.29. The first kappa shape index (κ1) is 21.7. The van der Waals surface area contributed by atoms with Gasteiger partial charge < -0.3 is 14.5 Å². The van der Waals surface area contributed by atoms with Gasteiger partial charge in [-0.1, -0.05) is 25.5 Å². The molecule has 0 spiro atoms. The van der Waals surface area contributed by atoms with Gasteiger partial charge in [0.25, 0.3) is 0 Å². The molecule has 0 amide bonds. The Balaban J connectivity index is 1.70. The highest BCUT2D eigenvalue weighted by Crippen LogP contribution is 2.71. The van der Waals surface area contributed by atoms with Gasteiger partial charge in [-0.05, 0) is 87.4 Å². The van der Waals surface area contributed by atoms with Gasteiger partial charge >= 0.3 is 7.60 Å². The van der Waals surface area contributed by atoms with Crippen LogP contribution in [-0.2, 0) is 13.9 Å². The number of Topliss-reactive ketones (excluding diaryl/α,β-unsaturated/α-hetero) is 1. The molecule has 0 aromatic carbocycles. The van der Waals surface area contributed by atoms with Crippen LogP contribution in [-0.4, -0.2) is 34.2 Å². The molecular formula is C23H37O5P. The highest BCUT2D eigenvalue weighted by Gasteiger charge is 2.65. The van der Waals surface area contributed by atoms with Gasteiger partial charge in [-0.25, -0.2) is 0 Å². The van der Waals surface area contributed by atoms with Crippen LogP contribution in [0.2, 0.25) is 0 Å². The lowest BCUT2D eigenvalue weighted by molar-refractivity contribution is -0.127. The summed E-state index contributed by atoms with van der Waals surface area (Å²) < 4.78 is 18.4. The van der Waals surface area contributed by atoms with Gasteiger partial charge in [0.15, 0.2) is 0 Å². The number of carbonyl (C=O) groups is 1. The van der Waals surface area contributed by atoms with E-state index in [2.05, 4.69) is 19.9 Å². The van der Waals surface area contributed by atoms with Gasteiger partial charge in [0.1, 0.15) is 5.78 Å². The number of fused-ring (bicyclic) bond motifs is 5. The van der Waals surface area contributed by atoms with Crippen molar-refractivity contribution in [3.8, 4) is 0 Å². The van der Waals surface area contributed by atoms with Gasteiger partial charge in [0.2, 0.25) is 0 Å². The second-order valence-electron chi connectivity index (χ2n) is 10.6. The summed E-state index contributed by atoms with van der Waals surface area (Å²) in [7, 11) is -3.84. The van der Waals surface area contributed by atoms with Crippen LogP contribution >= 0.6 is 7.60 Å². The molecular weight excluding hydrogens is 387 g/mol. The van der Waals surface area contributed by atoms with Gasteiger partial charge in [-0.2, -0.15) is 0 Å². The molecule has 4 aliphatic rings. The minimum atomic E-state index is -3.84. The van der Waals surface area contributed by atoms with Crippen molar-refractivity contribution in [1.82, 2.24) is 0 Å². The maximum atomic E-state index is 13.0. The summed E-state index contributed by atoms with van der Waals surface area (Å²) in [5.74, 6) is 0.868. The molecule has 9 atom stereocenters. The zero-order valence-corrected chi connectivity index (χ0v) is 19.2. The van der Waals surface area contributed by atoms with Crippen LogP contribution in [0.15, 0.2) is 11.6 Å². The molecule has 0 aliphatic heterocycles. The molecule has 0 aromatic rings. The Bertz CT molecular complexity index is 762. The zero-order valence-electron chi connectivity index (χ0n) is 18.3. The van der Waals surface area contributed by atoms with E-state index < -0.39 is 19.2 Å². The van der Waals surface area contributed by atoms with Gasteiger partial charge in [0.05, 0.1) is 18.4 Å². The number of rotatable bonds is 4. The Labute approximate surface area is 174 Å². The molecule has 0 heterocycles. The van der Waals surface area contributed by atoms with Crippen LogP contribution in [0.3, 0.4) is 0 Å². The number of hydrogen-bond acceptors (Lipinski definition) is 4. The monoisotopic (exact) mass is 424 g/mol. The minimum Gasteiger partial charge on any atom is -0.393 e. The summed E-state index contributed by atoms with van der Waals surface area (Å²) >= 11 is 0. The van der Waals surface area contributed by atoms with E-state index in [-0.39, 0.29) is 35.2 Å². The van der Waals surface area contributed by atoms with Crippen molar-refractivity contribution in [3.05, 3.63) is 11.6 Å². The molecule has 164 valence electrons. The molecule has 2 N–H and O–H groups in total. The molecule has 3 saturated carbocycles. The smallest absolute Gasteiger partial charge is 0.331 e. The van der Waals surface area contributed by atoms with Crippen molar-refractivity contribution < 1.29 is 23.9 Å². The largest absolute Gasteiger partial charge is 0.393 e. The third kappa shape index (κ3) is 3.23. The van der Waals surface area contributed by atoms with E-state index in [0.717, 1.165) is 38.5 Å². The van der Waals surface area contributed by atoms with E-state index >= 15 is 0 Å². The van der Waals surface area contributed by atoms with E-state index in [9.17, 15) is 19.4 Å². The lowest BCUT2D eigenvalue weighted by Crippen LogP contribution is -2.51. The Morgan fingerprint density at radius 2 is 2.00 bits per heavy atom. The molecule has 0 bridgehead atoms. The van der Waals surface area contributed by atoms with Crippen LogP contribution in [0.4, 0.5) is 0 Å². The molecule has 5 nitrogen and oxygen atoms in total. The first-order valence-corrected chi connectivity index (χ1v) is 13.0. The highest BCUT2D eigenvalue weighted by molar-refractivity contribution is 7.53. The van der Waals surface area contributed by atoms with Crippen molar-refractivity contribution >= 4 is 13.4 Å². The summed E-state index contributed by atoms with van der Waals surface area (Å²) in [4.78, 5) is 23.4. The molecule has 0 saturated heterocycles. The average Bonchev–Trinajstić information content (AvgIpc) is 2.96. The van der Waals surface area contributed by atoms with Gasteiger partial charge in [-0.15, -0.1) is 0 Å². The topological polar surface area (TPSA) is 83.8 Å². The fourth-order valence-corrected chi connectivity index (χ4v) is 9.98. The summed E-state index contributed by atoms with van der Waals surface area (Å²) in [6, 6.07) is 0. The van der Waals surface area contributed by atoms with E-state index in [1.54, 1.807) is 13.8 Å². The summed E-state index contributed by atoms with van der Waals surface area (Å²) in [6.45, 7) is 8.08. The van der Waals surface area contributed by atoms with Gasteiger partial charge in [0, 0.05) is 5.92 Å². The Morgan fingerprint density at radius 1 is 1.28 bits per heavy atom. The molecule has 4 rings (SSSR count). The molecule has 1 unspecified atom stereocenters. The van der Waals surface area contributed by atoms with Crippen LogP contribution in [0.1, 0.15) is 72.6 Å². The lowest BCUT2D eigenvalue weighted by atomic mass is 9.47. The van der Waals surface area contributed by atoms with Crippen molar-refractivity contribution in [2.45, 2.75) is 84.4 Å². The third-order valence-electron chi connectivity index (χ3n) is 9.28. The number of aliphatic hydroxyl groups excluding tert-OH is 1. The average molecular weight is 425 g/mol. The first-order chi connectivity index (χ1) is 13.5. The predicted molar refractivity (Wildman–Crippen MR) is 113 cm³/mol.